The second kappa shape index (κ2) is 8.82. The van der Waals surface area contributed by atoms with Gasteiger partial charge < -0.3 is 15.6 Å². The van der Waals surface area contributed by atoms with Gasteiger partial charge in [-0.25, -0.2) is 4.79 Å². The average Bonchev–Trinajstić information content (AvgIpc) is 3.19. The molecule has 0 aliphatic heterocycles. The maximum absolute atomic E-state index is 12.2. The molecule has 27 heavy (non-hydrogen) atoms. The monoisotopic (exact) mass is 367 g/mol. The number of phenols is 1. The molecule has 1 saturated carbocycles. The van der Waals surface area contributed by atoms with Gasteiger partial charge in [-0.2, -0.15) is 0 Å². The summed E-state index contributed by atoms with van der Waals surface area (Å²) >= 11 is 0. The molecule has 142 valence electrons. The Morgan fingerprint density at radius 1 is 1.07 bits per heavy atom. The van der Waals surface area contributed by atoms with E-state index in [9.17, 15) is 14.7 Å². The van der Waals surface area contributed by atoms with E-state index in [1.165, 1.54) is 0 Å². The van der Waals surface area contributed by atoms with Crippen molar-refractivity contribution in [3.63, 3.8) is 0 Å². The molecule has 1 aliphatic rings. The van der Waals surface area contributed by atoms with E-state index in [0.717, 1.165) is 42.4 Å². The van der Waals surface area contributed by atoms with Crippen molar-refractivity contribution in [2.75, 3.05) is 0 Å². The molecule has 0 aromatic heterocycles. The average molecular weight is 367 g/mol. The Balaban J connectivity index is 1.66. The molecule has 1 fully saturated rings. The van der Waals surface area contributed by atoms with Gasteiger partial charge in [0.05, 0.1) is 5.92 Å². The van der Waals surface area contributed by atoms with Crippen molar-refractivity contribution in [2.24, 2.45) is 11.7 Å². The van der Waals surface area contributed by atoms with Gasteiger partial charge in [0.2, 0.25) is 0 Å². The summed E-state index contributed by atoms with van der Waals surface area (Å²) in [6.07, 6.45) is 4.42. The first-order valence-corrected chi connectivity index (χ1v) is 9.38. The summed E-state index contributed by atoms with van der Waals surface area (Å²) in [7, 11) is 0. The highest BCUT2D eigenvalue weighted by atomic mass is 16.6. The maximum Gasteiger partial charge on any atom is 0.330 e. The van der Waals surface area contributed by atoms with Crippen molar-refractivity contribution < 1.29 is 19.4 Å². The normalized spacial score (nSPS) is 15.4. The van der Waals surface area contributed by atoms with Crippen LogP contribution >= 0.6 is 0 Å². The molecule has 5 heteroatoms. The second-order valence-electron chi connectivity index (χ2n) is 7.15. The molecule has 2 aromatic rings. The van der Waals surface area contributed by atoms with Crippen LogP contribution in [0.1, 0.15) is 42.4 Å². The van der Waals surface area contributed by atoms with E-state index in [0.29, 0.717) is 6.42 Å². The molecule has 3 N–H and O–H groups in total. The quantitative estimate of drug-likeness (QED) is 0.605. The second-order valence-corrected chi connectivity index (χ2v) is 7.15. The molecule has 1 atom stereocenters. The molecule has 0 heterocycles. The number of carbonyl (C=O) groups is 2. The van der Waals surface area contributed by atoms with E-state index in [1.54, 1.807) is 18.2 Å². The van der Waals surface area contributed by atoms with Crippen molar-refractivity contribution in [3.05, 3.63) is 65.2 Å². The van der Waals surface area contributed by atoms with E-state index in [4.69, 9.17) is 10.5 Å². The zero-order chi connectivity index (χ0) is 19.2. The fourth-order valence-corrected chi connectivity index (χ4v) is 3.53. The first-order chi connectivity index (χ1) is 13.0. The largest absolute Gasteiger partial charge is 0.508 e. The number of ether oxygens (including phenoxy) is 1. The van der Waals surface area contributed by atoms with Gasteiger partial charge in [0, 0.05) is 0 Å². The van der Waals surface area contributed by atoms with Crippen molar-refractivity contribution >= 4 is 11.9 Å². The van der Waals surface area contributed by atoms with E-state index in [1.807, 2.05) is 30.3 Å². The molecule has 0 saturated heterocycles. The predicted molar refractivity (Wildman–Crippen MR) is 102 cm³/mol. The summed E-state index contributed by atoms with van der Waals surface area (Å²) in [6.45, 7) is 0. The lowest BCUT2D eigenvalue weighted by Crippen LogP contribution is -2.37. The van der Waals surface area contributed by atoms with Crippen molar-refractivity contribution in [1.29, 1.82) is 0 Å². The van der Waals surface area contributed by atoms with Crippen molar-refractivity contribution in [1.82, 2.24) is 0 Å². The van der Waals surface area contributed by atoms with Crippen molar-refractivity contribution in [3.8, 4) is 5.75 Å². The lowest BCUT2D eigenvalue weighted by atomic mass is 9.95. The molecule has 3 rings (SSSR count). The number of aromatic hydroxyl groups is 1. The number of benzene rings is 2. The summed E-state index contributed by atoms with van der Waals surface area (Å²) in [6, 6.07) is 14.0. The number of hydrogen-bond acceptors (Lipinski definition) is 5. The fourth-order valence-electron chi connectivity index (χ4n) is 3.53. The fraction of sp³-hybridized carbons (Fsp3) is 0.364. The number of rotatable bonds is 6. The van der Waals surface area contributed by atoms with Crippen LogP contribution in [0.3, 0.4) is 0 Å². The lowest BCUT2D eigenvalue weighted by molar-refractivity contribution is -0.163. The van der Waals surface area contributed by atoms with Crippen LogP contribution in [0, 0.1) is 5.92 Å². The minimum atomic E-state index is -0.922. The Hall–Kier alpha value is -2.66. The Morgan fingerprint density at radius 2 is 1.78 bits per heavy atom. The van der Waals surface area contributed by atoms with Crippen LogP contribution in [0.2, 0.25) is 0 Å². The van der Waals surface area contributed by atoms with E-state index in [2.05, 4.69) is 0 Å². The van der Waals surface area contributed by atoms with Gasteiger partial charge in [-0.05, 0) is 54.5 Å². The Labute approximate surface area is 159 Å². The van der Waals surface area contributed by atoms with Crippen LogP contribution in [0.4, 0.5) is 0 Å². The van der Waals surface area contributed by atoms with Gasteiger partial charge in [0.1, 0.15) is 11.8 Å². The third-order valence-electron chi connectivity index (χ3n) is 5.06. The third-order valence-corrected chi connectivity index (χ3v) is 5.06. The predicted octanol–water partition coefficient (Wildman–Crippen LogP) is 3.11. The number of esters is 2. The minimum absolute atomic E-state index is 0.164. The van der Waals surface area contributed by atoms with Crippen molar-refractivity contribution in [2.45, 2.75) is 44.6 Å². The van der Waals surface area contributed by atoms with Gasteiger partial charge in [-0.15, -0.1) is 0 Å². The molecule has 0 amide bonds. The molecular formula is C22H25NO4. The van der Waals surface area contributed by atoms with Crippen LogP contribution in [-0.2, 0) is 27.2 Å². The van der Waals surface area contributed by atoms with Gasteiger partial charge in [0.15, 0.2) is 0 Å². The summed E-state index contributed by atoms with van der Waals surface area (Å²) in [4.78, 5) is 24.3. The number of hydrogen-bond donors (Lipinski definition) is 2. The van der Waals surface area contributed by atoms with Gasteiger partial charge in [-0.1, -0.05) is 49.2 Å². The van der Waals surface area contributed by atoms with Crippen LogP contribution < -0.4 is 5.73 Å². The summed E-state index contributed by atoms with van der Waals surface area (Å²) < 4.78 is 5.00. The SMILES string of the molecule is N[C@@H](Cc1ccc(O)cc1Cc1ccccc1)C(=O)OC(=O)C1CCCC1. The maximum atomic E-state index is 12.2. The highest BCUT2D eigenvalue weighted by molar-refractivity contribution is 5.89. The lowest BCUT2D eigenvalue weighted by Gasteiger charge is -2.15. The first-order valence-electron chi connectivity index (χ1n) is 9.38. The molecule has 0 unspecified atom stereocenters. The number of nitrogens with two attached hydrogens (primary N) is 1. The highest BCUT2D eigenvalue weighted by Gasteiger charge is 2.28. The Kier molecular flexibility index (Phi) is 6.24. The standard InChI is InChI=1S/C22H25NO4/c23-20(22(26)27-21(25)16-8-4-5-9-16)14-17-10-11-19(24)13-18(17)12-15-6-2-1-3-7-15/h1-3,6-7,10-11,13,16,20,24H,4-5,8-9,12,14,23H2/t20-/m0/s1. The molecule has 1 aliphatic carbocycles. The summed E-state index contributed by atoms with van der Waals surface area (Å²) in [5.74, 6) is -1.16. The molecule has 0 radical (unpaired) electrons. The number of phenolic OH excluding ortho intramolecular Hbond substituents is 1. The zero-order valence-electron chi connectivity index (χ0n) is 15.3. The van der Waals surface area contributed by atoms with E-state index < -0.39 is 18.0 Å². The summed E-state index contributed by atoms with van der Waals surface area (Å²) in [5, 5.41) is 9.83. The van der Waals surface area contributed by atoms with Crippen LogP contribution in [-0.4, -0.2) is 23.1 Å². The van der Waals surface area contributed by atoms with E-state index in [-0.39, 0.29) is 18.1 Å². The topological polar surface area (TPSA) is 89.6 Å². The van der Waals surface area contributed by atoms with Crippen LogP contribution in [0.5, 0.6) is 5.75 Å². The third kappa shape index (κ3) is 5.17. The molecule has 0 spiro atoms. The molecule has 0 bridgehead atoms. The van der Waals surface area contributed by atoms with E-state index >= 15 is 0 Å². The Morgan fingerprint density at radius 3 is 2.48 bits per heavy atom. The summed E-state index contributed by atoms with van der Waals surface area (Å²) in [5.41, 5.74) is 8.85. The molecule has 5 nitrogen and oxygen atoms in total. The smallest absolute Gasteiger partial charge is 0.330 e. The molecular weight excluding hydrogens is 342 g/mol. The highest BCUT2D eigenvalue weighted by Crippen LogP contribution is 2.26. The molecule has 2 aromatic carbocycles. The zero-order valence-corrected chi connectivity index (χ0v) is 15.3. The van der Waals surface area contributed by atoms with Gasteiger partial charge >= 0.3 is 11.9 Å². The van der Waals surface area contributed by atoms with Gasteiger partial charge in [-0.3, -0.25) is 4.79 Å². The Bertz CT molecular complexity index is 797. The van der Waals surface area contributed by atoms with Crippen LogP contribution in [0.15, 0.2) is 48.5 Å². The minimum Gasteiger partial charge on any atom is -0.508 e. The van der Waals surface area contributed by atoms with Gasteiger partial charge in [0.25, 0.3) is 0 Å². The first kappa shape index (κ1) is 19.1. The van der Waals surface area contributed by atoms with Crippen LogP contribution in [0.25, 0.3) is 0 Å². The number of carbonyl (C=O) groups excluding carboxylic acids is 2.